The maximum Gasteiger partial charge on any atom is 0.306 e. The van der Waals surface area contributed by atoms with Crippen LogP contribution in [0.25, 0.3) is 0 Å². The van der Waals surface area contributed by atoms with Gasteiger partial charge in [-0.15, -0.1) is 0 Å². The zero-order valence-corrected chi connectivity index (χ0v) is 19.5. The summed E-state index contributed by atoms with van der Waals surface area (Å²) in [7, 11) is 0. The van der Waals surface area contributed by atoms with Gasteiger partial charge in [-0.05, 0) is 91.8 Å². The summed E-state index contributed by atoms with van der Waals surface area (Å²) in [6.45, 7) is 4.60. The third kappa shape index (κ3) is 3.90. The van der Waals surface area contributed by atoms with E-state index in [0.29, 0.717) is 36.5 Å². The number of aliphatic hydroxyl groups is 2. The van der Waals surface area contributed by atoms with Gasteiger partial charge in [0.1, 0.15) is 0 Å². The fourth-order valence-corrected chi connectivity index (χ4v) is 8.57. The molecular formula is C27H44O4. The summed E-state index contributed by atoms with van der Waals surface area (Å²) in [4.78, 5) is 11.4. The number of carboxylic acids is 1. The van der Waals surface area contributed by atoms with Crippen molar-refractivity contribution >= 4 is 5.97 Å². The molecule has 0 aromatic rings. The van der Waals surface area contributed by atoms with Gasteiger partial charge in [0.05, 0.1) is 18.1 Å². The summed E-state index contributed by atoms with van der Waals surface area (Å²) < 4.78 is 22.6. The van der Waals surface area contributed by atoms with Gasteiger partial charge >= 0.3 is 5.97 Å². The summed E-state index contributed by atoms with van der Waals surface area (Å²) in [5.41, 5.74) is 1.52. The summed E-state index contributed by atoms with van der Waals surface area (Å²) in [5, 5.41) is 30.9. The van der Waals surface area contributed by atoms with Crippen LogP contribution in [0.15, 0.2) is 11.6 Å². The van der Waals surface area contributed by atoms with Crippen molar-refractivity contribution < 1.29 is 24.2 Å². The fourth-order valence-electron chi connectivity index (χ4n) is 8.57. The van der Waals surface area contributed by atoms with Crippen molar-refractivity contribution in [2.24, 2.45) is 46.3 Å². The smallest absolute Gasteiger partial charge is 0.306 e. The van der Waals surface area contributed by atoms with Crippen molar-refractivity contribution in [3.8, 4) is 0 Å². The van der Waals surface area contributed by atoms with E-state index in [1.165, 1.54) is 5.57 Å². The molecule has 4 aliphatic carbocycles. The van der Waals surface area contributed by atoms with E-state index in [-0.39, 0.29) is 29.3 Å². The van der Waals surface area contributed by atoms with Gasteiger partial charge in [0, 0.05) is 4.11 Å². The number of hydrogen-bond donors (Lipinski definition) is 3. The molecule has 0 aromatic carbocycles. The number of hydrogen-bond acceptors (Lipinski definition) is 3. The molecule has 0 aromatic heterocycles. The van der Waals surface area contributed by atoms with E-state index >= 15 is 0 Å². The van der Waals surface area contributed by atoms with Crippen LogP contribution in [-0.2, 0) is 4.79 Å². The zero-order chi connectivity index (χ0) is 25.1. The minimum Gasteiger partial charge on any atom is -0.481 e. The van der Waals surface area contributed by atoms with Crippen LogP contribution < -0.4 is 0 Å². The second kappa shape index (κ2) is 8.48. The van der Waals surface area contributed by atoms with Gasteiger partial charge in [-0.3, -0.25) is 4.79 Å². The molecule has 4 aliphatic rings. The van der Waals surface area contributed by atoms with Crippen LogP contribution in [0.2, 0.25) is 0 Å². The Morgan fingerprint density at radius 1 is 1.16 bits per heavy atom. The quantitative estimate of drug-likeness (QED) is 0.487. The molecular weight excluding hydrogens is 388 g/mol. The molecule has 10 atom stereocenters. The highest BCUT2D eigenvalue weighted by Crippen LogP contribution is 2.67. The topological polar surface area (TPSA) is 77.8 Å². The average molecular weight is 436 g/mol. The summed E-state index contributed by atoms with van der Waals surface area (Å²) in [6, 6.07) is 0. The van der Waals surface area contributed by atoms with Gasteiger partial charge in [0.2, 0.25) is 0 Å². The normalized spacial score (nSPS) is 48.2. The molecule has 0 radical (unpaired) electrons. The molecule has 0 aliphatic heterocycles. The highest BCUT2D eigenvalue weighted by molar-refractivity contribution is 5.69. The minimum absolute atomic E-state index is 0.0925. The van der Waals surface area contributed by atoms with Gasteiger partial charge in [-0.1, -0.05) is 52.1 Å². The lowest BCUT2D eigenvalue weighted by Gasteiger charge is -2.59. The molecule has 0 heterocycles. The molecule has 0 saturated heterocycles. The molecule has 3 saturated carbocycles. The van der Waals surface area contributed by atoms with Gasteiger partial charge in [-0.25, -0.2) is 0 Å². The van der Waals surface area contributed by atoms with Crippen LogP contribution in [0.4, 0.5) is 0 Å². The van der Waals surface area contributed by atoms with Crippen LogP contribution in [-0.4, -0.2) is 33.5 Å². The Bertz CT molecular complexity index is 810. The van der Waals surface area contributed by atoms with Gasteiger partial charge in [-0.2, -0.15) is 0 Å². The Morgan fingerprint density at radius 3 is 2.65 bits per heavy atom. The van der Waals surface area contributed by atoms with E-state index in [4.69, 9.17) is 4.11 Å². The van der Waals surface area contributed by atoms with Crippen molar-refractivity contribution in [3.63, 3.8) is 0 Å². The first-order valence-electron chi connectivity index (χ1n) is 14.1. The summed E-state index contributed by atoms with van der Waals surface area (Å²) in [5.74, 6) is -0.358. The minimum atomic E-state index is -2.45. The number of aliphatic hydroxyl groups excluding tert-OH is 2. The number of carboxylic acid groups (broad SMARTS) is 1. The first-order chi connectivity index (χ1) is 15.8. The van der Waals surface area contributed by atoms with E-state index in [2.05, 4.69) is 26.8 Å². The lowest BCUT2D eigenvalue weighted by atomic mass is 9.46. The molecule has 176 valence electrons. The monoisotopic (exact) mass is 435 g/mol. The molecule has 31 heavy (non-hydrogen) atoms. The molecule has 3 fully saturated rings. The van der Waals surface area contributed by atoms with Crippen molar-refractivity contribution in [2.45, 2.75) is 104 Å². The third-order valence-electron chi connectivity index (χ3n) is 10.3. The number of carbonyl (C=O) groups is 1. The number of fused-ring (bicyclic) bond motifs is 5. The van der Waals surface area contributed by atoms with Crippen molar-refractivity contribution in [1.29, 1.82) is 0 Å². The van der Waals surface area contributed by atoms with Gasteiger partial charge in [0.25, 0.3) is 0 Å². The zero-order valence-electron chi connectivity index (χ0n) is 22.5. The van der Waals surface area contributed by atoms with E-state index in [9.17, 15) is 20.1 Å². The second-order valence-electron chi connectivity index (χ2n) is 11.8. The maximum atomic E-state index is 11.4. The molecule has 4 heteroatoms. The molecule has 4 nitrogen and oxygen atoms in total. The van der Waals surface area contributed by atoms with Gasteiger partial charge < -0.3 is 15.3 Å². The molecule has 4 rings (SSSR count). The van der Waals surface area contributed by atoms with Crippen LogP contribution >= 0.6 is 0 Å². The van der Waals surface area contributed by atoms with Gasteiger partial charge in [0.15, 0.2) is 0 Å². The molecule has 1 unspecified atom stereocenters. The molecule has 3 N–H and O–H groups in total. The fraction of sp³-hybridized carbons (Fsp3) is 0.889. The lowest BCUT2D eigenvalue weighted by Crippen LogP contribution is -2.54. The Kier molecular flexibility index (Phi) is 5.36. The van der Waals surface area contributed by atoms with Crippen molar-refractivity contribution in [3.05, 3.63) is 11.6 Å². The number of rotatable bonds is 6. The Balaban J connectivity index is 1.46. The van der Waals surface area contributed by atoms with Crippen molar-refractivity contribution in [2.75, 3.05) is 0 Å². The average Bonchev–Trinajstić information content (AvgIpc) is 3.08. The first-order valence-corrected chi connectivity index (χ1v) is 12.6. The number of aliphatic carboxylic acids is 1. The largest absolute Gasteiger partial charge is 0.481 e. The highest BCUT2D eigenvalue weighted by Gasteiger charge is 2.61. The Morgan fingerprint density at radius 2 is 1.94 bits per heavy atom. The van der Waals surface area contributed by atoms with Crippen LogP contribution in [0.1, 0.15) is 95.9 Å². The summed E-state index contributed by atoms with van der Waals surface area (Å²) in [6.07, 6.45) is 10.1. The molecule has 0 bridgehead atoms. The predicted octanol–water partition coefficient (Wildman–Crippen LogP) is 5.42. The predicted molar refractivity (Wildman–Crippen MR) is 122 cm³/mol. The highest BCUT2D eigenvalue weighted by atomic mass is 16.4. The third-order valence-corrected chi connectivity index (χ3v) is 10.3. The maximum absolute atomic E-state index is 11.4. The first kappa shape index (κ1) is 19.6. The van der Waals surface area contributed by atoms with Crippen LogP contribution in [0, 0.1) is 46.3 Å². The second-order valence-corrected chi connectivity index (χ2v) is 11.8. The SMILES string of the molecule is [2H]C([2H])([2H])C(CCC[C@@H](C)[C@H]1CC[C@H]2[C@@H]3[C@H](O)C=C4C[C@@H](O)CC[C@]4(C)[C@H]3CC[C@]12C)C(=O)O. The Hall–Kier alpha value is -0.870. The van der Waals surface area contributed by atoms with E-state index in [0.717, 1.165) is 44.9 Å². The van der Waals surface area contributed by atoms with E-state index < -0.39 is 24.8 Å². The lowest BCUT2D eigenvalue weighted by molar-refractivity contribution is -0.141. The molecule has 0 spiro atoms. The van der Waals surface area contributed by atoms with Crippen molar-refractivity contribution in [1.82, 2.24) is 0 Å². The summed E-state index contributed by atoms with van der Waals surface area (Å²) >= 11 is 0. The standard InChI is InChI=1S/C27H44O4/c1-16(6-5-7-17(2)25(30)31)20-8-9-21-24-22(11-13-27(20,21)4)26(3)12-10-19(28)14-18(26)15-23(24)29/h15-17,19-24,28-29H,5-14H2,1-4H3,(H,30,31)/t16-,17?,19+,20-,21+,22+,23-,24+,26+,27-/m1/s1/i2D3. The van der Waals surface area contributed by atoms with E-state index in [1.807, 2.05) is 0 Å². The molecule has 0 amide bonds. The van der Waals surface area contributed by atoms with Crippen LogP contribution in [0.5, 0.6) is 0 Å². The Labute approximate surface area is 192 Å². The van der Waals surface area contributed by atoms with Crippen LogP contribution in [0.3, 0.4) is 0 Å². The van der Waals surface area contributed by atoms with E-state index in [1.54, 1.807) is 0 Å².